The van der Waals surface area contributed by atoms with Crippen LogP contribution < -0.4 is 14.8 Å². The lowest BCUT2D eigenvalue weighted by Crippen LogP contribution is -2.23. The highest BCUT2D eigenvalue weighted by Gasteiger charge is 2.13. The molecule has 162 valence electrons. The average Bonchev–Trinajstić information content (AvgIpc) is 2.78. The fraction of sp³-hybridized carbons (Fsp3) is 0.292. The normalized spacial score (nSPS) is 10.5. The third kappa shape index (κ3) is 6.26. The van der Waals surface area contributed by atoms with Crippen molar-refractivity contribution in [3.8, 4) is 11.6 Å². The van der Waals surface area contributed by atoms with Crippen LogP contribution in [0.3, 0.4) is 0 Å². The van der Waals surface area contributed by atoms with Crippen LogP contribution in [0.5, 0.6) is 11.6 Å². The zero-order valence-corrected chi connectivity index (χ0v) is 18.1. The Balaban J connectivity index is 1.63. The van der Waals surface area contributed by atoms with Gasteiger partial charge in [-0.3, -0.25) is 9.78 Å². The summed E-state index contributed by atoms with van der Waals surface area (Å²) in [5, 5.41) is 2.94. The van der Waals surface area contributed by atoms with Crippen LogP contribution in [0.25, 0.3) is 0 Å². The highest BCUT2D eigenvalue weighted by Crippen LogP contribution is 2.26. The molecule has 0 atom stereocenters. The van der Waals surface area contributed by atoms with Crippen molar-refractivity contribution in [3.05, 3.63) is 82.8 Å². The molecule has 0 saturated carbocycles. The van der Waals surface area contributed by atoms with Crippen molar-refractivity contribution in [1.29, 1.82) is 0 Å². The van der Waals surface area contributed by atoms with Gasteiger partial charge in [0.15, 0.2) is 0 Å². The molecule has 0 aliphatic rings. The average molecular weight is 421 g/mol. The van der Waals surface area contributed by atoms with Crippen molar-refractivity contribution in [2.24, 2.45) is 0 Å². The SMILES string of the molecule is COCCOc1ncccc1CNC(=O)c1cc(C)c(OCc2cccnc2)c(C)c1. The van der Waals surface area contributed by atoms with Gasteiger partial charge in [-0.15, -0.1) is 0 Å². The molecule has 1 aromatic carbocycles. The highest BCUT2D eigenvalue weighted by molar-refractivity contribution is 5.94. The molecule has 7 heteroatoms. The molecule has 7 nitrogen and oxygen atoms in total. The van der Waals surface area contributed by atoms with Gasteiger partial charge >= 0.3 is 0 Å². The number of hydrogen-bond donors (Lipinski definition) is 1. The van der Waals surface area contributed by atoms with Gasteiger partial charge in [-0.25, -0.2) is 4.98 Å². The molecule has 3 rings (SSSR count). The molecule has 0 fully saturated rings. The number of nitrogens with zero attached hydrogens (tertiary/aromatic N) is 2. The van der Waals surface area contributed by atoms with Gasteiger partial charge in [-0.2, -0.15) is 0 Å². The number of benzene rings is 1. The maximum absolute atomic E-state index is 12.7. The lowest BCUT2D eigenvalue weighted by Gasteiger charge is -2.15. The minimum atomic E-state index is -0.170. The van der Waals surface area contributed by atoms with E-state index in [4.69, 9.17) is 14.2 Å². The molecule has 0 unspecified atom stereocenters. The summed E-state index contributed by atoms with van der Waals surface area (Å²) in [6, 6.07) is 11.2. The first-order valence-electron chi connectivity index (χ1n) is 10.0. The van der Waals surface area contributed by atoms with Crippen molar-refractivity contribution in [2.45, 2.75) is 27.0 Å². The second kappa shape index (κ2) is 11.1. The van der Waals surface area contributed by atoms with E-state index in [2.05, 4.69) is 15.3 Å². The molecule has 0 saturated heterocycles. The first-order chi connectivity index (χ1) is 15.1. The van der Waals surface area contributed by atoms with Gasteiger partial charge in [0.25, 0.3) is 5.91 Å². The summed E-state index contributed by atoms with van der Waals surface area (Å²) in [6.45, 7) is 5.47. The largest absolute Gasteiger partial charge is 0.488 e. The van der Waals surface area contributed by atoms with E-state index in [-0.39, 0.29) is 5.91 Å². The lowest BCUT2D eigenvalue weighted by atomic mass is 10.0. The van der Waals surface area contributed by atoms with E-state index in [0.717, 1.165) is 28.0 Å². The lowest BCUT2D eigenvalue weighted by molar-refractivity contribution is 0.0950. The number of aryl methyl sites for hydroxylation is 2. The number of aromatic nitrogens is 2. The van der Waals surface area contributed by atoms with E-state index in [1.807, 2.05) is 50.2 Å². The van der Waals surface area contributed by atoms with Crippen LogP contribution in [-0.2, 0) is 17.9 Å². The van der Waals surface area contributed by atoms with E-state index in [1.54, 1.807) is 25.7 Å². The molecule has 31 heavy (non-hydrogen) atoms. The van der Waals surface area contributed by atoms with Crippen molar-refractivity contribution in [1.82, 2.24) is 15.3 Å². The summed E-state index contributed by atoms with van der Waals surface area (Å²) < 4.78 is 16.6. The summed E-state index contributed by atoms with van der Waals surface area (Å²) in [4.78, 5) is 21.1. The van der Waals surface area contributed by atoms with Gasteiger partial charge < -0.3 is 19.5 Å². The van der Waals surface area contributed by atoms with Crippen LogP contribution in [0.1, 0.15) is 32.6 Å². The number of rotatable bonds is 10. The maximum Gasteiger partial charge on any atom is 0.251 e. The van der Waals surface area contributed by atoms with Crippen LogP contribution in [-0.4, -0.2) is 36.2 Å². The molecule has 2 aromatic heterocycles. The summed E-state index contributed by atoms with van der Waals surface area (Å²) in [5.74, 6) is 1.10. The van der Waals surface area contributed by atoms with Crippen LogP contribution in [0.2, 0.25) is 0 Å². The molecule has 0 radical (unpaired) electrons. The van der Waals surface area contributed by atoms with Crippen LogP contribution in [0.4, 0.5) is 0 Å². The van der Waals surface area contributed by atoms with Crippen molar-refractivity contribution < 1.29 is 19.0 Å². The smallest absolute Gasteiger partial charge is 0.251 e. The van der Waals surface area contributed by atoms with Crippen LogP contribution in [0, 0.1) is 13.8 Å². The van der Waals surface area contributed by atoms with Gasteiger partial charge in [0.05, 0.1) is 6.61 Å². The number of amides is 1. The first kappa shape index (κ1) is 22.2. The number of ether oxygens (including phenoxy) is 3. The number of carbonyl (C=O) groups excluding carboxylic acids is 1. The van der Waals surface area contributed by atoms with Crippen molar-refractivity contribution in [3.63, 3.8) is 0 Å². The van der Waals surface area contributed by atoms with E-state index in [0.29, 0.717) is 37.8 Å². The Morgan fingerprint density at radius 1 is 1.03 bits per heavy atom. The van der Waals surface area contributed by atoms with Gasteiger partial charge in [0, 0.05) is 48.9 Å². The maximum atomic E-state index is 12.7. The fourth-order valence-corrected chi connectivity index (χ4v) is 3.14. The fourth-order valence-electron chi connectivity index (χ4n) is 3.14. The predicted molar refractivity (Wildman–Crippen MR) is 117 cm³/mol. The Bertz CT molecular complexity index is 986. The molecule has 0 aliphatic carbocycles. The van der Waals surface area contributed by atoms with Crippen LogP contribution in [0.15, 0.2) is 55.0 Å². The summed E-state index contributed by atoms with van der Waals surface area (Å²) in [7, 11) is 1.61. The molecule has 1 amide bonds. The molecule has 0 bridgehead atoms. The predicted octanol–water partition coefficient (Wildman–Crippen LogP) is 3.63. The minimum absolute atomic E-state index is 0.170. The number of carbonyl (C=O) groups is 1. The van der Waals surface area contributed by atoms with Crippen LogP contribution >= 0.6 is 0 Å². The molecule has 1 N–H and O–H groups in total. The van der Waals surface area contributed by atoms with Gasteiger partial charge in [-0.1, -0.05) is 12.1 Å². The van der Waals surface area contributed by atoms with E-state index in [9.17, 15) is 4.79 Å². The highest BCUT2D eigenvalue weighted by atomic mass is 16.5. The third-order valence-electron chi connectivity index (χ3n) is 4.64. The first-order valence-corrected chi connectivity index (χ1v) is 10.0. The Hall–Kier alpha value is -3.45. The molecular weight excluding hydrogens is 394 g/mol. The standard InChI is InChI=1S/C24H27N3O4/c1-17-12-21(13-18(2)22(17)31-16-19-6-4-8-25-14-19)23(28)27-15-20-7-5-9-26-24(20)30-11-10-29-3/h4-9,12-14H,10-11,15-16H2,1-3H3,(H,27,28). The monoisotopic (exact) mass is 421 g/mol. The summed E-state index contributed by atoms with van der Waals surface area (Å²) in [5.41, 5.74) is 4.17. The number of nitrogens with one attached hydrogen (secondary N) is 1. The Morgan fingerprint density at radius 2 is 1.81 bits per heavy atom. The minimum Gasteiger partial charge on any atom is -0.488 e. The van der Waals surface area contributed by atoms with Gasteiger partial charge in [-0.05, 0) is 49.2 Å². The number of pyridine rings is 2. The number of methoxy groups -OCH3 is 1. The zero-order chi connectivity index (χ0) is 22.1. The molecular formula is C24H27N3O4. The van der Waals surface area contributed by atoms with Gasteiger partial charge in [0.2, 0.25) is 5.88 Å². The number of hydrogen-bond acceptors (Lipinski definition) is 6. The summed E-state index contributed by atoms with van der Waals surface area (Å²) >= 11 is 0. The van der Waals surface area contributed by atoms with E-state index >= 15 is 0 Å². The Morgan fingerprint density at radius 3 is 2.52 bits per heavy atom. The van der Waals surface area contributed by atoms with Crippen molar-refractivity contribution >= 4 is 5.91 Å². The molecule has 0 spiro atoms. The summed E-state index contributed by atoms with van der Waals surface area (Å²) in [6.07, 6.45) is 5.16. The van der Waals surface area contributed by atoms with E-state index < -0.39 is 0 Å². The third-order valence-corrected chi connectivity index (χ3v) is 4.64. The quantitative estimate of drug-likeness (QED) is 0.504. The Labute approximate surface area is 182 Å². The van der Waals surface area contributed by atoms with Crippen molar-refractivity contribution in [2.75, 3.05) is 20.3 Å². The topological polar surface area (TPSA) is 82.6 Å². The molecule has 0 aliphatic heterocycles. The Kier molecular flexibility index (Phi) is 7.95. The second-order valence-electron chi connectivity index (χ2n) is 7.08. The second-order valence-corrected chi connectivity index (χ2v) is 7.08. The molecule has 3 aromatic rings. The van der Waals surface area contributed by atoms with Gasteiger partial charge in [0.1, 0.15) is 19.0 Å². The van der Waals surface area contributed by atoms with E-state index in [1.165, 1.54) is 0 Å². The zero-order valence-electron chi connectivity index (χ0n) is 18.1. The molecule has 2 heterocycles.